The number of ether oxygens (including phenoxy) is 1. The molecule has 108 valence electrons. The Morgan fingerprint density at radius 3 is 3.00 bits per heavy atom. The minimum atomic E-state index is -0.209. The number of imidazole rings is 1. The Bertz CT molecular complexity index is 594. The van der Waals surface area contributed by atoms with Crippen LogP contribution in [0.5, 0.6) is 0 Å². The summed E-state index contributed by atoms with van der Waals surface area (Å²) in [7, 11) is 1.62. The summed E-state index contributed by atoms with van der Waals surface area (Å²) in [4.78, 5) is 16.1. The fourth-order valence-electron chi connectivity index (χ4n) is 1.92. The number of aryl methyl sites for hydroxylation is 1. The number of rotatable bonds is 5. The highest BCUT2D eigenvalue weighted by Gasteiger charge is 2.09. The number of pyridine rings is 1. The fraction of sp³-hybridized carbons (Fsp3) is 0.429. The smallest absolute Gasteiger partial charge is 0.315 e. The molecule has 0 radical (unpaired) electrons. The molecular weight excluding hydrogens is 256 g/mol. The normalized spacial score (nSPS) is 12.3. The van der Waals surface area contributed by atoms with Gasteiger partial charge in [0.15, 0.2) is 0 Å². The molecule has 0 fully saturated rings. The molecule has 0 bridgehead atoms. The van der Waals surface area contributed by atoms with Crippen molar-refractivity contribution in [3.63, 3.8) is 0 Å². The Hall–Kier alpha value is -2.08. The van der Waals surface area contributed by atoms with Crippen LogP contribution in [0.15, 0.2) is 24.4 Å². The molecule has 0 aromatic carbocycles. The standard InChI is InChI=1S/C14H20N4O2/c1-10(20-3)8-15-14(19)16-9-12-11(2)17-13-6-4-5-7-18(12)13/h4-7,10H,8-9H2,1-3H3,(H2,15,16,19)/t10-/m0/s1. The summed E-state index contributed by atoms with van der Waals surface area (Å²) in [6.45, 7) is 4.75. The minimum Gasteiger partial charge on any atom is -0.380 e. The molecule has 6 nitrogen and oxygen atoms in total. The van der Waals surface area contributed by atoms with Crippen molar-refractivity contribution in [3.8, 4) is 0 Å². The SMILES string of the molecule is CO[C@@H](C)CNC(=O)NCc1c(C)nc2ccccn12. The van der Waals surface area contributed by atoms with Crippen molar-refractivity contribution in [2.75, 3.05) is 13.7 Å². The summed E-state index contributed by atoms with van der Waals surface area (Å²) in [6, 6.07) is 5.62. The first-order valence-electron chi connectivity index (χ1n) is 6.59. The van der Waals surface area contributed by atoms with E-state index in [1.165, 1.54) is 0 Å². The molecule has 0 saturated heterocycles. The molecule has 2 N–H and O–H groups in total. The van der Waals surface area contributed by atoms with E-state index in [1.807, 2.05) is 42.6 Å². The third kappa shape index (κ3) is 3.27. The van der Waals surface area contributed by atoms with Crippen LogP contribution < -0.4 is 10.6 Å². The van der Waals surface area contributed by atoms with E-state index in [0.29, 0.717) is 13.1 Å². The van der Waals surface area contributed by atoms with Crippen LogP contribution >= 0.6 is 0 Å². The Balaban J connectivity index is 1.96. The summed E-state index contributed by atoms with van der Waals surface area (Å²) in [5.41, 5.74) is 2.78. The van der Waals surface area contributed by atoms with Crippen LogP contribution in [0.4, 0.5) is 4.79 Å². The summed E-state index contributed by atoms with van der Waals surface area (Å²) in [5.74, 6) is 0. The number of hydrogen-bond acceptors (Lipinski definition) is 3. The van der Waals surface area contributed by atoms with E-state index < -0.39 is 0 Å². The largest absolute Gasteiger partial charge is 0.380 e. The zero-order chi connectivity index (χ0) is 14.5. The molecule has 0 aliphatic heterocycles. The second kappa shape index (κ2) is 6.38. The molecule has 2 aromatic heterocycles. The number of carbonyl (C=O) groups is 1. The molecule has 0 aliphatic carbocycles. The second-order valence-corrected chi connectivity index (χ2v) is 4.68. The van der Waals surface area contributed by atoms with Gasteiger partial charge in [0.25, 0.3) is 0 Å². The average Bonchev–Trinajstić information content (AvgIpc) is 2.78. The summed E-state index contributed by atoms with van der Waals surface area (Å²) < 4.78 is 7.05. The van der Waals surface area contributed by atoms with E-state index in [9.17, 15) is 4.79 Å². The molecule has 6 heteroatoms. The second-order valence-electron chi connectivity index (χ2n) is 4.68. The van der Waals surface area contributed by atoms with E-state index in [1.54, 1.807) is 7.11 Å². The zero-order valence-corrected chi connectivity index (χ0v) is 12.0. The number of aromatic nitrogens is 2. The van der Waals surface area contributed by atoms with Crippen molar-refractivity contribution in [1.29, 1.82) is 0 Å². The molecule has 1 atom stereocenters. The van der Waals surface area contributed by atoms with E-state index in [2.05, 4.69) is 15.6 Å². The first-order valence-corrected chi connectivity index (χ1v) is 6.59. The number of methoxy groups -OCH3 is 1. The highest BCUT2D eigenvalue weighted by atomic mass is 16.5. The van der Waals surface area contributed by atoms with Crippen molar-refractivity contribution in [2.24, 2.45) is 0 Å². The molecular formula is C14H20N4O2. The van der Waals surface area contributed by atoms with Crippen LogP contribution in [0.25, 0.3) is 5.65 Å². The topological polar surface area (TPSA) is 67.7 Å². The van der Waals surface area contributed by atoms with Crippen LogP contribution in [0.1, 0.15) is 18.3 Å². The third-order valence-electron chi connectivity index (χ3n) is 3.20. The van der Waals surface area contributed by atoms with Gasteiger partial charge in [0, 0.05) is 19.9 Å². The van der Waals surface area contributed by atoms with Gasteiger partial charge in [-0.2, -0.15) is 0 Å². The quantitative estimate of drug-likeness (QED) is 0.869. The monoisotopic (exact) mass is 276 g/mol. The summed E-state index contributed by atoms with van der Waals surface area (Å²) >= 11 is 0. The number of amides is 2. The molecule has 2 rings (SSSR count). The highest BCUT2D eigenvalue weighted by Crippen LogP contribution is 2.11. The number of carbonyl (C=O) groups excluding carboxylic acids is 1. The van der Waals surface area contributed by atoms with Gasteiger partial charge in [0.2, 0.25) is 0 Å². The van der Waals surface area contributed by atoms with E-state index >= 15 is 0 Å². The van der Waals surface area contributed by atoms with Crippen LogP contribution in [-0.2, 0) is 11.3 Å². The maximum absolute atomic E-state index is 11.7. The Labute approximate surface area is 118 Å². The molecule has 20 heavy (non-hydrogen) atoms. The highest BCUT2D eigenvalue weighted by molar-refractivity contribution is 5.73. The van der Waals surface area contributed by atoms with Gasteiger partial charge in [-0.25, -0.2) is 9.78 Å². The lowest BCUT2D eigenvalue weighted by atomic mass is 10.3. The maximum Gasteiger partial charge on any atom is 0.315 e. The zero-order valence-electron chi connectivity index (χ0n) is 12.0. The molecule has 0 unspecified atom stereocenters. The van der Waals surface area contributed by atoms with E-state index in [4.69, 9.17) is 4.74 Å². The Morgan fingerprint density at radius 2 is 2.25 bits per heavy atom. The van der Waals surface area contributed by atoms with Gasteiger partial charge in [0.1, 0.15) is 5.65 Å². The lowest BCUT2D eigenvalue weighted by Crippen LogP contribution is -2.39. The number of hydrogen-bond donors (Lipinski definition) is 2. The average molecular weight is 276 g/mol. The lowest BCUT2D eigenvalue weighted by molar-refractivity contribution is 0.118. The van der Waals surface area contributed by atoms with Gasteiger partial charge >= 0.3 is 6.03 Å². The first-order chi connectivity index (χ1) is 9.61. The summed E-state index contributed by atoms with van der Waals surface area (Å²) in [5, 5.41) is 5.59. The number of fused-ring (bicyclic) bond motifs is 1. The van der Waals surface area contributed by atoms with Gasteiger partial charge in [-0.3, -0.25) is 0 Å². The first kappa shape index (κ1) is 14.3. The summed E-state index contributed by atoms with van der Waals surface area (Å²) in [6.07, 6.45) is 1.94. The van der Waals surface area contributed by atoms with Gasteiger partial charge in [-0.15, -0.1) is 0 Å². The molecule has 0 spiro atoms. The molecule has 0 aliphatic rings. The van der Waals surface area contributed by atoms with E-state index in [-0.39, 0.29) is 12.1 Å². The molecule has 2 heterocycles. The molecule has 2 amide bonds. The predicted molar refractivity (Wildman–Crippen MR) is 76.6 cm³/mol. The number of nitrogens with one attached hydrogen (secondary N) is 2. The molecule has 0 saturated carbocycles. The maximum atomic E-state index is 11.7. The number of urea groups is 1. The molecule has 2 aromatic rings. The lowest BCUT2D eigenvalue weighted by Gasteiger charge is -2.11. The van der Waals surface area contributed by atoms with Gasteiger partial charge in [0.05, 0.1) is 24.0 Å². The van der Waals surface area contributed by atoms with Gasteiger partial charge in [-0.05, 0) is 26.0 Å². The van der Waals surface area contributed by atoms with Crippen molar-refractivity contribution in [2.45, 2.75) is 26.5 Å². The Morgan fingerprint density at radius 1 is 1.45 bits per heavy atom. The van der Waals surface area contributed by atoms with Crippen molar-refractivity contribution >= 4 is 11.7 Å². The Kier molecular flexibility index (Phi) is 4.57. The number of nitrogens with zero attached hydrogens (tertiary/aromatic N) is 2. The van der Waals surface area contributed by atoms with Crippen LogP contribution in [-0.4, -0.2) is 35.2 Å². The fourth-order valence-corrected chi connectivity index (χ4v) is 1.92. The van der Waals surface area contributed by atoms with Crippen LogP contribution in [0.3, 0.4) is 0 Å². The van der Waals surface area contributed by atoms with Gasteiger partial charge in [-0.1, -0.05) is 6.07 Å². The van der Waals surface area contributed by atoms with Gasteiger partial charge < -0.3 is 19.8 Å². The van der Waals surface area contributed by atoms with E-state index in [0.717, 1.165) is 17.0 Å². The van der Waals surface area contributed by atoms with Crippen molar-refractivity contribution in [3.05, 3.63) is 35.8 Å². The third-order valence-corrected chi connectivity index (χ3v) is 3.20. The van der Waals surface area contributed by atoms with Crippen molar-refractivity contribution < 1.29 is 9.53 Å². The predicted octanol–water partition coefficient (Wildman–Crippen LogP) is 1.48. The van der Waals surface area contributed by atoms with Crippen LogP contribution in [0.2, 0.25) is 0 Å². The van der Waals surface area contributed by atoms with Crippen LogP contribution in [0, 0.1) is 6.92 Å². The minimum absolute atomic E-state index is 0.00159. The van der Waals surface area contributed by atoms with Crippen molar-refractivity contribution in [1.82, 2.24) is 20.0 Å².